The molecule has 2 aromatic rings. The lowest BCUT2D eigenvalue weighted by molar-refractivity contribution is 0.450. The monoisotopic (exact) mass is 357 g/mol. The maximum Gasteiger partial charge on any atom is 0.141 e. The van der Waals surface area contributed by atoms with Gasteiger partial charge in [0.2, 0.25) is 0 Å². The van der Waals surface area contributed by atoms with Gasteiger partial charge < -0.3 is 10.1 Å². The van der Waals surface area contributed by atoms with Crippen LogP contribution in [0.2, 0.25) is 5.02 Å². The third-order valence-corrected chi connectivity index (χ3v) is 3.85. The maximum absolute atomic E-state index is 14.0. The molecule has 1 atom stereocenters. The lowest BCUT2D eigenvalue weighted by Gasteiger charge is -2.17. The lowest BCUT2D eigenvalue weighted by Crippen LogP contribution is -2.15. The molecule has 0 fully saturated rings. The van der Waals surface area contributed by atoms with E-state index < -0.39 is 0 Å². The summed E-state index contributed by atoms with van der Waals surface area (Å²) in [6, 6.07) is 9.84. The van der Waals surface area contributed by atoms with Gasteiger partial charge in [0.05, 0.1) is 4.47 Å². The molecule has 2 rings (SSSR count). The summed E-state index contributed by atoms with van der Waals surface area (Å²) >= 11 is 9.28. The van der Waals surface area contributed by atoms with Gasteiger partial charge in [0.25, 0.3) is 0 Å². The quantitative estimate of drug-likeness (QED) is 0.799. The summed E-state index contributed by atoms with van der Waals surface area (Å²) in [6.07, 6.45) is 0. The van der Waals surface area contributed by atoms with Crippen molar-refractivity contribution in [1.82, 2.24) is 5.32 Å². The van der Waals surface area contributed by atoms with E-state index in [2.05, 4.69) is 21.2 Å². The second-order valence-electron chi connectivity index (χ2n) is 4.34. The van der Waals surface area contributed by atoms with Crippen LogP contribution in [0, 0.1) is 5.82 Å². The molecule has 0 aliphatic rings. The van der Waals surface area contributed by atoms with Crippen LogP contribution in [0.1, 0.15) is 18.5 Å². The van der Waals surface area contributed by atoms with E-state index in [1.54, 1.807) is 37.4 Å². The fraction of sp³-hybridized carbons (Fsp3) is 0.200. The first kappa shape index (κ1) is 15.3. The molecule has 0 radical (unpaired) electrons. The highest BCUT2D eigenvalue weighted by Gasteiger charge is 2.16. The van der Waals surface area contributed by atoms with Crippen LogP contribution < -0.4 is 10.1 Å². The van der Waals surface area contributed by atoms with Crippen molar-refractivity contribution in [3.05, 3.63) is 57.3 Å². The Hall–Kier alpha value is -1.10. The molecule has 5 heteroatoms. The molecule has 20 heavy (non-hydrogen) atoms. The zero-order chi connectivity index (χ0) is 14.7. The molecule has 1 N–H and O–H groups in total. The molecular formula is C15H14BrClFNO. The van der Waals surface area contributed by atoms with Crippen LogP contribution >= 0.6 is 27.5 Å². The Morgan fingerprint density at radius 2 is 2.00 bits per heavy atom. The molecule has 0 amide bonds. The highest BCUT2D eigenvalue weighted by Crippen LogP contribution is 2.36. The largest absolute Gasteiger partial charge is 0.456 e. The fourth-order valence-electron chi connectivity index (χ4n) is 1.85. The highest BCUT2D eigenvalue weighted by molar-refractivity contribution is 9.10. The molecule has 1 unspecified atom stereocenters. The third-order valence-electron chi connectivity index (χ3n) is 2.99. The number of rotatable bonds is 4. The van der Waals surface area contributed by atoms with E-state index in [-0.39, 0.29) is 11.9 Å². The number of ether oxygens (including phenoxy) is 1. The van der Waals surface area contributed by atoms with Gasteiger partial charge in [-0.15, -0.1) is 0 Å². The summed E-state index contributed by atoms with van der Waals surface area (Å²) in [7, 11) is 1.78. The van der Waals surface area contributed by atoms with Gasteiger partial charge in [-0.3, -0.25) is 0 Å². The van der Waals surface area contributed by atoms with Gasteiger partial charge in [-0.2, -0.15) is 0 Å². The average molecular weight is 359 g/mol. The van der Waals surface area contributed by atoms with Gasteiger partial charge >= 0.3 is 0 Å². The minimum absolute atomic E-state index is 0.155. The summed E-state index contributed by atoms with van der Waals surface area (Å²) in [6.45, 7) is 1.88. The van der Waals surface area contributed by atoms with Crippen molar-refractivity contribution in [2.75, 3.05) is 7.05 Å². The molecule has 2 aromatic carbocycles. The Morgan fingerprint density at radius 3 is 2.65 bits per heavy atom. The molecule has 0 aromatic heterocycles. The Labute approximate surface area is 131 Å². The van der Waals surface area contributed by atoms with Crippen molar-refractivity contribution in [2.45, 2.75) is 13.0 Å². The number of halogens is 3. The van der Waals surface area contributed by atoms with Crippen LogP contribution in [-0.4, -0.2) is 7.05 Å². The van der Waals surface area contributed by atoms with E-state index in [4.69, 9.17) is 16.3 Å². The van der Waals surface area contributed by atoms with E-state index in [1.165, 1.54) is 6.07 Å². The van der Waals surface area contributed by atoms with Crippen molar-refractivity contribution in [2.24, 2.45) is 0 Å². The smallest absolute Gasteiger partial charge is 0.141 e. The van der Waals surface area contributed by atoms with Crippen molar-refractivity contribution in [3.8, 4) is 11.5 Å². The number of hydrogen-bond donors (Lipinski definition) is 1. The molecule has 0 heterocycles. The highest BCUT2D eigenvalue weighted by atomic mass is 79.9. The Bertz CT molecular complexity index is 621. The van der Waals surface area contributed by atoms with Gasteiger partial charge in [-0.25, -0.2) is 4.39 Å². The summed E-state index contributed by atoms with van der Waals surface area (Å²) in [5.74, 6) is 0.772. The summed E-state index contributed by atoms with van der Waals surface area (Å²) in [5.41, 5.74) is 0.497. The van der Waals surface area contributed by atoms with Gasteiger partial charge in [-0.05, 0) is 60.2 Å². The van der Waals surface area contributed by atoms with Crippen molar-refractivity contribution < 1.29 is 9.13 Å². The first-order valence-electron chi connectivity index (χ1n) is 6.11. The molecule has 0 bridgehead atoms. The Kier molecular flexibility index (Phi) is 5.02. The van der Waals surface area contributed by atoms with Crippen LogP contribution in [0.25, 0.3) is 0 Å². The summed E-state index contributed by atoms with van der Waals surface area (Å²) < 4.78 is 20.5. The fourth-order valence-corrected chi connectivity index (χ4v) is 2.61. The first-order valence-corrected chi connectivity index (χ1v) is 7.28. The molecular weight excluding hydrogens is 345 g/mol. The SMILES string of the molecule is CNC(C)c1c(F)cccc1Oc1ccc(Cl)cc1Br. The Balaban J connectivity index is 2.40. The predicted octanol–water partition coefficient (Wildman–Crippen LogP) is 5.31. The zero-order valence-corrected chi connectivity index (χ0v) is 13.4. The topological polar surface area (TPSA) is 21.3 Å². The molecule has 0 saturated carbocycles. The molecule has 2 nitrogen and oxygen atoms in total. The molecule has 0 aliphatic carbocycles. The van der Waals surface area contributed by atoms with Crippen molar-refractivity contribution in [1.29, 1.82) is 0 Å². The molecule has 0 spiro atoms. The van der Waals surface area contributed by atoms with E-state index in [0.29, 0.717) is 22.1 Å². The average Bonchev–Trinajstić information content (AvgIpc) is 2.41. The van der Waals surface area contributed by atoms with E-state index in [1.807, 2.05) is 6.92 Å². The standard InChI is InChI=1S/C15H14BrClFNO/c1-9(19-2)15-12(18)4-3-5-14(15)20-13-7-6-10(17)8-11(13)16/h3-9,19H,1-2H3. The Morgan fingerprint density at radius 1 is 1.25 bits per heavy atom. The van der Waals surface area contributed by atoms with Gasteiger partial charge in [0, 0.05) is 16.6 Å². The number of nitrogens with one attached hydrogen (secondary N) is 1. The minimum Gasteiger partial charge on any atom is -0.456 e. The number of benzene rings is 2. The van der Waals surface area contributed by atoms with E-state index in [9.17, 15) is 4.39 Å². The summed E-state index contributed by atoms with van der Waals surface area (Å²) in [4.78, 5) is 0. The predicted molar refractivity (Wildman–Crippen MR) is 83.1 cm³/mol. The van der Waals surface area contributed by atoms with Crippen molar-refractivity contribution >= 4 is 27.5 Å². The van der Waals surface area contributed by atoms with Gasteiger partial charge in [-0.1, -0.05) is 17.7 Å². The van der Waals surface area contributed by atoms with Crippen molar-refractivity contribution in [3.63, 3.8) is 0 Å². The second-order valence-corrected chi connectivity index (χ2v) is 5.63. The van der Waals surface area contributed by atoms with E-state index >= 15 is 0 Å². The van der Waals surface area contributed by atoms with Gasteiger partial charge in [0.15, 0.2) is 0 Å². The first-order chi connectivity index (χ1) is 9.52. The number of hydrogen-bond acceptors (Lipinski definition) is 2. The van der Waals surface area contributed by atoms with Gasteiger partial charge in [0.1, 0.15) is 17.3 Å². The molecule has 106 valence electrons. The maximum atomic E-state index is 14.0. The van der Waals surface area contributed by atoms with Crippen LogP contribution in [-0.2, 0) is 0 Å². The second kappa shape index (κ2) is 6.57. The molecule has 0 saturated heterocycles. The van der Waals surface area contributed by atoms with Crippen LogP contribution in [0.3, 0.4) is 0 Å². The zero-order valence-electron chi connectivity index (χ0n) is 11.1. The van der Waals surface area contributed by atoms with Crippen LogP contribution in [0.15, 0.2) is 40.9 Å². The molecule has 0 aliphatic heterocycles. The third kappa shape index (κ3) is 3.32. The van der Waals surface area contributed by atoms with E-state index in [0.717, 1.165) is 4.47 Å². The summed E-state index contributed by atoms with van der Waals surface area (Å²) in [5, 5.41) is 3.62. The van der Waals surface area contributed by atoms with Crippen LogP contribution in [0.5, 0.6) is 11.5 Å². The lowest BCUT2D eigenvalue weighted by atomic mass is 10.1. The minimum atomic E-state index is -0.297. The van der Waals surface area contributed by atoms with Crippen LogP contribution in [0.4, 0.5) is 4.39 Å². The normalized spacial score (nSPS) is 12.2.